The Balaban J connectivity index is 2.28. The molecule has 0 aliphatic carbocycles. The first kappa shape index (κ1) is 13.8. The minimum Gasteiger partial charge on any atom is -0.399 e. The van der Waals surface area contributed by atoms with Gasteiger partial charge in [0.15, 0.2) is 0 Å². The van der Waals surface area contributed by atoms with Crippen LogP contribution in [0.15, 0.2) is 27.6 Å². The van der Waals surface area contributed by atoms with Crippen LogP contribution in [-0.4, -0.2) is 36.5 Å². The smallest absolute Gasteiger partial charge is 0.244 e. The Morgan fingerprint density at radius 3 is 2.61 bits per heavy atom. The molecule has 1 saturated heterocycles. The van der Waals surface area contributed by atoms with Crippen LogP contribution in [-0.2, 0) is 10.0 Å². The fourth-order valence-electron chi connectivity index (χ4n) is 1.87. The van der Waals surface area contributed by atoms with Gasteiger partial charge in [-0.1, -0.05) is 6.92 Å². The molecule has 0 radical (unpaired) electrons. The molecule has 0 unspecified atom stereocenters. The lowest BCUT2D eigenvalue weighted by Gasteiger charge is -2.44. The molecule has 18 heavy (non-hydrogen) atoms. The third kappa shape index (κ3) is 2.27. The largest absolute Gasteiger partial charge is 0.399 e. The maximum atomic E-state index is 12.3. The van der Waals surface area contributed by atoms with Gasteiger partial charge in [0.1, 0.15) is 0 Å². The second-order valence-corrected chi connectivity index (χ2v) is 7.30. The van der Waals surface area contributed by atoms with Gasteiger partial charge in [-0.2, -0.15) is 4.31 Å². The molecule has 0 atom stereocenters. The second kappa shape index (κ2) is 4.48. The fourth-order valence-corrected chi connectivity index (χ4v) is 4.52. The molecule has 1 aliphatic rings. The van der Waals surface area contributed by atoms with Crippen molar-refractivity contribution in [1.29, 1.82) is 0 Å². The van der Waals surface area contributed by atoms with Gasteiger partial charge in [0, 0.05) is 23.2 Å². The highest BCUT2D eigenvalue weighted by Crippen LogP contribution is 2.33. The van der Waals surface area contributed by atoms with Crippen molar-refractivity contribution in [2.75, 3.05) is 18.8 Å². The number of benzene rings is 1. The van der Waals surface area contributed by atoms with Crippen molar-refractivity contribution in [1.82, 2.24) is 4.31 Å². The van der Waals surface area contributed by atoms with E-state index in [-0.39, 0.29) is 18.0 Å². The van der Waals surface area contributed by atoms with Crippen LogP contribution in [0.25, 0.3) is 0 Å². The number of sulfonamides is 1. The van der Waals surface area contributed by atoms with E-state index >= 15 is 0 Å². The van der Waals surface area contributed by atoms with Crippen molar-refractivity contribution in [3.8, 4) is 0 Å². The summed E-state index contributed by atoms with van der Waals surface area (Å²) in [7, 11) is -3.56. The lowest BCUT2D eigenvalue weighted by atomic mass is 9.94. The normalized spacial score (nSPS) is 19.5. The monoisotopic (exact) mass is 334 g/mol. The summed E-state index contributed by atoms with van der Waals surface area (Å²) in [6.07, 6.45) is 0.544. The number of nitrogen functional groups attached to an aromatic ring is 1. The molecule has 0 bridgehead atoms. The summed E-state index contributed by atoms with van der Waals surface area (Å²) in [6, 6.07) is 4.57. The number of rotatable bonds is 3. The minimum atomic E-state index is -3.56. The number of anilines is 1. The van der Waals surface area contributed by atoms with Gasteiger partial charge in [-0.15, -0.1) is 0 Å². The number of nitrogens with two attached hydrogens (primary N) is 1. The Labute approximate surface area is 115 Å². The summed E-state index contributed by atoms with van der Waals surface area (Å²) in [6.45, 7) is 2.12. The highest BCUT2D eigenvalue weighted by molar-refractivity contribution is 9.10. The van der Waals surface area contributed by atoms with Crippen LogP contribution in [0.4, 0.5) is 5.69 Å². The zero-order chi connectivity index (χ0) is 13.6. The summed E-state index contributed by atoms with van der Waals surface area (Å²) >= 11 is 3.20. The van der Waals surface area contributed by atoms with Crippen LogP contribution < -0.4 is 5.73 Å². The molecule has 5 nitrogen and oxygen atoms in total. The molecular formula is C11H15BrN2O3S. The number of halogens is 1. The van der Waals surface area contributed by atoms with Gasteiger partial charge in [-0.3, -0.25) is 0 Å². The average Bonchev–Trinajstić information content (AvgIpc) is 2.24. The zero-order valence-electron chi connectivity index (χ0n) is 9.93. The Kier molecular flexibility index (Phi) is 3.44. The van der Waals surface area contributed by atoms with Crippen LogP contribution in [0.3, 0.4) is 0 Å². The van der Waals surface area contributed by atoms with E-state index in [4.69, 9.17) is 5.73 Å². The van der Waals surface area contributed by atoms with Crippen LogP contribution >= 0.6 is 15.9 Å². The summed E-state index contributed by atoms with van der Waals surface area (Å²) in [5, 5.41) is 9.87. The zero-order valence-corrected chi connectivity index (χ0v) is 12.3. The van der Waals surface area contributed by atoms with E-state index in [0.29, 0.717) is 16.6 Å². The molecule has 0 spiro atoms. The predicted octanol–water partition coefficient (Wildman–Crippen LogP) is 1.18. The topological polar surface area (TPSA) is 83.6 Å². The van der Waals surface area contributed by atoms with Gasteiger partial charge < -0.3 is 10.8 Å². The molecule has 1 heterocycles. The van der Waals surface area contributed by atoms with E-state index in [1.165, 1.54) is 10.4 Å². The molecule has 7 heteroatoms. The molecule has 1 aliphatic heterocycles. The average molecular weight is 335 g/mol. The van der Waals surface area contributed by atoms with Gasteiger partial charge in [0.05, 0.1) is 10.5 Å². The maximum absolute atomic E-state index is 12.3. The quantitative estimate of drug-likeness (QED) is 0.813. The number of aliphatic hydroxyl groups is 1. The molecule has 1 aromatic carbocycles. The minimum absolute atomic E-state index is 0.142. The number of hydrogen-bond acceptors (Lipinski definition) is 4. The number of nitrogens with zero attached hydrogens (tertiary/aromatic N) is 1. The molecule has 2 rings (SSSR count). The lowest BCUT2D eigenvalue weighted by molar-refractivity contribution is -0.0613. The third-order valence-electron chi connectivity index (χ3n) is 3.17. The first-order valence-corrected chi connectivity index (χ1v) is 7.79. The SMILES string of the molecule is CCC1(O)CN(S(=O)(=O)c2ccc(N)cc2Br)C1. The molecule has 1 fully saturated rings. The molecule has 3 N–H and O–H groups in total. The van der Waals surface area contributed by atoms with Gasteiger partial charge in [0.25, 0.3) is 0 Å². The second-order valence-electron chi connectivity index (χ2n) is 4.54. The van der Waals surface area contributed by atoms with E-state index in [1.807, 2.05) is 6.92 Å². The standard InChI is InChI=1S/C11H15BrN2O3S/c1-2-11(15)6-14(7-11)18(16,17)10-4-3-8(13)5-9(10)12/h3-5,15H,2,6-7,13H2,1H3. The number of hydrogen-bond donors (Lipinski definition) is 2. The molecule has 0 saturated carbocycles. The van der Waals surface area contributed by atoms with Crippen molar-refractivity contribution in [3.63, 3.8) is 0 Å². The first-order chi connectivity index (χ1) is 8.28. The molecule has 100 valence electrons. The lowest BCUT2D eigenvalue weighted by Crippen LogP contribution is -2.62. The van der Waals surface area contributed by atoms with Crippen LogP contribution in [0, 0.1) is 0 Å². The van der Waals surface area contributed by atoms with Crippen molar-refractivity contribution < 1.29 is 13.5 Å². The van der Waals surface area contributed by atoms with E-state index in [1.54, 1.807) is 12.1 Å². The summed E-state index contributed by atoms with van der Waals surface area (Å²) in [5.41, 5.74) is 5.19. The predicted molar refractivity (Wildman–Crippen MR) is 72.6 cm³/mol. The van der Waals surface area contributed by atoms with Crippen LogP contribution in [0.1, 0.15) is 13.3 Å². The van der Waals surface area contributed by atoms with Crippen molar-refractivity contribution in [2.45, 2.75) is 23.8 Å². The molecular weight excluding hydrogens is 320 g/mol. The van der Waals surface area contributed by atoms with E-state index in [2.05, 4.69) is 15.9 Å². The van der Waals surface area contributed by atoms with Crippen molar-refractivity contribution in [2.24, 2.45) is 0 Å². The summed E-state index contributed by atoms with van der Waals surface area (Å²) in [4.78, 5) is 0.176. The summed E-state index contributed by atoms with van der Waals surface area (Å²) in [5.74, 6) is 0. The molecule has 0 amide bonds. The van der Waals surface area contributed by atoms with Gasteiger partial charge in [-0.05, 0) is 40.5 Å². The molecule has 0 aromatic heterocycles. The number of β-amino-alcohol motifs (C(OH)–C–C–N with tert-alkyl or cyclic N) is 1. The highest BCUT2D eigenvalue weighted by atomic mass is 79.9. The van der Waals surface area contributed by atoms with Crippen molar-refractivity contribution >= 4 is 31.6 Å². The Hall–Kier alpha value is -0.630. The van der Waals surface area contributed by atoms with Gasteiger partial charge in [0.2, 0.25) is 10.0 Å². The summed E-state index contributed by atoms with van der Waals surface area (Å²) < 4.78 is 26.3. The first-order valence-electron chi connectivity index (χ1n) is 5.56. The van der Waals surface area contributed by atoms with Crippen LogP contribution in [0.5, 0.6) is 0 Å². The highest BCUT2D eigenvalue weighted by Gasteiger charge is 2.46. The Bertz CT molecular complexity index is 568. The van der Waals surface area contributed by atoms with Crippen molar-refractivity contribution in [3.05, 3.63) is 22.7 Å². The molecule has 1 aromatic rings. The van der Waals surface area contributed by atoms with E-state index in [9.17, 15) is 13.5 Å². The van der Waals surface area contributed by atoms with Gasteiger partial charge in [-0.25, -0.2) is 8.42 Å². The van der Waals surface area contributed by atoms with Gasteiger partial charge >= 0.3 is 0 Å². The van der Waals surface area contributed by atoms with E-state index < -0.39 is 15.6 Å². The Morgan fingerprint density at radius 1 is 1.50 bits per heavy atom. The third-order valence-corrected chi connectivity index (χ3v) is 5.94. The van der Waals surface area contributed by atoms with E-state index in [0.717, 1.165) is 0 Å². The van der Waals surface area contributed by atoms with Crippen LogP contribution in [0.2, 0.25) is 0 Å². The maximum Gasteiger partial charge on any atom is 0.244 e. The Morgan fingerprint density at radius 2 is 2.11 bits per heavy atom. The fraction of sp³-hybridized carbons (Fsp3) is 0.455.